The van der Waals surface area contributed by atoms with Gasteiger partial charge in [-0.2, -0.15) is 0 Å². The van der Waals surface area contributed by atoms with Crippen molar-refractivity contribution in [3.8, 4) is 27.9 Å². The molecule has 7 aromatic carbocycles. The molecule has 56 heavy (non-hydrogen) atoms. The Balaban J connectivity index is 1.35. The molecule has 3 heterocycles. The Bertz CT molecular complexity index is 3080. The van der Waals surface area contributed by atoms with Gasteiger partial charge < -0.3 is 9.38 Å². The Labute approximate surface area is 330 Å². The number of aromatic nitrogens is 1. The second-order valence-electron chi connectivity index (χ2n) is 19.3. The fourth-order valence-corrected chi connectivity index (χ4v) is 11.8. The maximum atomic E-state index is 2.71. The van der Waals surface area contributed by atoms with E-state index >= 15 is 0 Å². The summed E-state index contributed by atoms with van der Waals surface area (Å²) in [5, 5.41) is 5.50. The van der Waals surface area contributed by atoms with E-state index in [0.717, 1.165) is 0 Å². The molecule has 0 atom stereocenters. The van der Waals surface area contributed by atoms with E-state index in [4.69, 9.17) is 0 Å². The van der Waals surface area contributed by atoms with Crippen LogP contribution in [0.25, 0.3) is 60.5 Å². The third-order valence-electron chi connectivity index (χ3n) is 14.7. The van der Waals surface area contributed by atoms with E-state index in [0.29, 0.717) is 0 Å². The maximum Gasteiger partial charge on any atom is 0.333 e. The monoisotopic (exact) mass is 722 g/mol. The molecule has 0 saturated carbocycles. The van der Waals surface area contributed by atoms with Gasteiger partial charge >= 0.3 is 6.85 Å². The third-order valence-corrected chi connectivity index (χ3v) is 14.7. The molecular formula is C53H47BN2. The fourth-order valence-electron chi connectivity index (χ4n) is 11.8. The highest BCUT2D eigenvalue weighted by atomic mass is 15.1. The fraction of sp³-hybridized carbons (Fsp3) is 0.245. The van der Waals surface area contributed by atoms with Gasteiger partial charge in [0.2, 0.25) is 0 Å². The predicted molar refractivity (Wildman–Crippen MR) is 240 cm³/mol. The summed E-state index contributed by atoms with van der Waals surface area (Å²) < 4.78 is 2.69. The highest BCUT2D eigenvalue weighted by molar-refractivity contribution is 6.94. The van der Waals surface area contributed by atoms with Crippen molar-refractivity contribution < 1.29 is 0 Å². The van der Waals surface area contributed by atoms with Gasteiger partial charge in [0.05, 0.1) is 11.0 Å². The van der Waals surface area contributed by atoms with Gasteiger partial charge in [-0.15, -0.1) is 0 Å². The second kappa shape index (κ2) is 10.4. The quantitative estimate of drug-likeness (QED) is 0.153. The van der Waals surface area contributed by atoms with Crippen molar-refractivity contribution in [3.05, 3.63) is 149 Å². The van der Waals surface area contributed by atoms with Crippen LogP contribution in [0.3, 0.4) is 0 Å². The van der Waals surface area contributed by atoms with Gasteiger partial charge in [-0.1, -0.05) is 132 Å². The number of benzene rings is 7. The van der Waals surface area contributed by atoms with Crippen molar-refractivity contribution in [3.63, 3.8) is 0 Å². The summed E-state index contributed by atoms with van der Waals surface area (Å²) in [6.45, 7) is 19.2. The Morgan fingerprint density at radius 2 is 1.21 bits per heavy atom. The number of hydrogen-bond acceptors (Lipinski definition) is 1. The minimum atomic E-state index is -0.183. The van der Waals surface area contributed by atoms with Crippen molar-refractivity contribution in [2.45, 2.75) is 84.5 Å². The summed E-state index contributed by atoms with van der Waals surface area (Å²) in [4.78, 5) is 2.71. The van der Waals surface area contributed by atoms with E-state index in [2.05, 4.69) is 180 Å². The topological polar surface area (TPSA) is 8.17 Å². The van der Waals surface area contributed by atoms with E-state index in [-0.39, 0.29) is 23.1 Å². The Hall–Kier alpha value is -5.54. The molecule has 0 N–H and O–H groups in total. The van der Waals surface area contributed by atoms with Crippen LogP contribution in [-0.4, -0.2) is 11.4 Å². The lowest BCUT2D eigenvalue weighted by molar-refractivity contribution is 0.332. The molecule has 2 aliphatic heterocycles. The summed E-state index contributed by atoms with van der Waals surface area (Å²) in [6, 6.07) is 45.2. The van der Waals surface area contributed by atoms with E-state index < -0.39 is 0 Å². The second-order valence-corrected chi connectivity index (χ2v) is 19.3. The molecule has 1 aromatic heterocycles. The number of hydrogen-bond donors (Lipinski definition) is 0. The average molecular weight is 723 g/mol. The summed E-state index contributed by atoms with van der Waals surface area (Å²) in [6.07, 6.45) is 2.39. The lowest BCUT2D eigenvalue weighted by atomic mass is 9.43. The van der Waals surface area contributed by atoms with Gasteiger partial charge in [-0.3, -0.25) is 0 Å². The minimum Gasteiger partial charge on any atom is -0.376 e. The molecule has 0 amide bonds. The zero-order valence-corrected chi connectivity index (χ0v) is 33.9. The molecule has 0 fully saturated rings. The van der Waals surface area contributed by atoms with Crippen molar-refractivity contribution in [1.82, 2.24) is 4.57 Å². The third kappa shape index (κ3) is 3.89. The first-order valence-corrected chi connectivity index (χ1v) is 20.7. The van der Waals surface area contributed by atoms with Gasteiger partial charge in [0.1, 0.15) is 0 Å². The molecule has 3 heteroatoms. The lowest BCUT2D eigenvalue weighted by Gasteiger charge is -2.44. The van der Waals surface area contributed by atoms with Gasteiger partial charge in [0, 0.05) is 38.8 Å². The SMILES string of the molecule is Cc1ccc(N2B3c4cc(C)ccc4-n4c5cc6c(cc5c5c7ccccc7c(c3c54)-c3c2ccc2c3C(C)(C)c3ccccc3-2)C(C)(C)CCC6(C)C)cc1. The van der Waals surface area contributed by atoms with Crippen LogP contribution in [0.15, 0.2) is 115 Å². The van der Waals surface area contributed by atoms with E-state index in [1.54, 1.807) is 0 Å². The van der Waals surface area contributed by atoms with Gasteiger partial charge in [-0.25, -0.2) is 0 Å². The molecule has 12 rings (SSSR count). The van der Waals surface area contributed by atoms with Crippen molar-refractivity contribution in [1.29, 1.82) is 0 Å². The van der Waals surface area contributed by atoms with Gasteiger partial charge in [0.25, 0.3) is 0 Å². The Kier molecular flexibility index (Phi) is 6.10. The van der Waals surface area contributed by atoms with Crippen molar-refractivity contribution in [2.75, 3.05) is 4.81 Å². The van der Waals surface area contributed by atoms with Crippen LogP contribution in [0.4, 0.5) is 11.4 Å². The first kappa shape index (κ1) is 32.7. The summed E-state index contributed by atoms with van der Waals surface area (Å²) >= 11 is 0. The largest absolute Gasteiger partial charge is 0.376 e. The summed E-state index contributed by atoms with van der Waals surface area (Å²) in [7, 11) is 0. The first-order valence-electron chi connectivity index (χ1n) is 20.7. The highest BCUT2D eigenvalue weighted by Crippen LogP contribution is 2.58. The molecule has 8 aromatic rings. The highest BCUT2D eigenvalue weighted by Gasteiger charge is 2.49. The Morgan fingerprint density at radius 3 is 1.98 bits per heavy atom. The smallest absolute Gasteiger partial charge is 0.333 e. The summed E-state index contributed by atoms with van der Waals surface area (Å²) in [5.74, 6) is 0. The zero-order valence-electron chi connectivity index (χ0n) is 33.9. The van der Waals surface area contributed by atoms with E-state index in [9.17, 15) is 0 Å². The van der Waals surface area contributed by atoms with E-state index in [1.165, 1.54) is 129 Å². The molecule has 0 spiro atoms. The lowest BCUT2D eigenvalue weighted by Crippen LogP contribution is -2.60. The molecule has 0 radical (unpaired) electrons. The number of fused-ring (bicyclic) bond motifs is 16. The number of aryl methyl sites for hydroxylation is 2. The van der Waals surface area contributed by atoms with Crippen LogP contribution in [0.1, 0.15) is 87.8 Å². The Morgan fingerprint density at radius 1 is 0.554 bits per heavy atom. The summed E-state index contributed by atoms with van der Waals surface area (Å²) in [5.41, 5.74) is 23.4. The predicted octanol–water partition coefficient (Wildman–Crippen LogP) is 12.4. The number of rotatable bonds is 1. The van der Waals surface area contributed by atoms with Crippen LogP contribution in [0.2, 0.25) is 0 Å². The van der Waals surface area contributed by atoms with E-state index in [1.807, 2.05) is 0 Å². The standard InChI is InChI=1S/C53H47BN2/c1-30-17-20-32(21-18-30)56-43-24-22-36-33-13-11-12-16-38(33)53(7,8)48(36)47(43)46-35-15-10-9-14-34(35)45-37-28-39-40(52(5,6)26-25-51(39,3)4)29-44(37)55-42-23-19-31(2)27-41(42)54(56)49(46)50(45)55/h9-24,27-29H,25-26H2,1-8H3. The molecule has 272 valence electrons. The molecule has 2 aliphatic carbocycles. The van der Waals surface area contributed by atoms with Crippen LogP contribution in [0.5, 0.6) is 0 Å². The van der Waals surface area contributed by atoms with Crippen LogP contribution >= 0.6 is 0 Å². The molecule has 4 aliphatic rings. The maximum absolute atomic E-state index is 2.71. The first-order chi connectivity index (χ1) is 26.9. The van der Waals surface area contributed by atoms with Crippen molar-refractivity contribution >= 4 is 61.7 Å². The molecule has 0 saturated heterocycles. The number of nitrogens with zero attached hydrogens (tertiary/aromatic N) is 2. The average Bonchev–Trinajstić information content (AvgIpc) is 3.65. The van der Waals surface area contributed by atoms with Gasteiger partial charge in [0.15, 0.2) is 0 Å². The van der Waals surface area contributed by atoms with Crippen LogP contribution < -0.4 is 15.7 Å². The van der Waals surface area contributed by atoms with Gasteiger partial charge in [-0.05, 0) is 135 Å². The molecule has 2 nitrogen and oxygen atoms in total. The minimum absolute atomic E-state index is 0.00790. The molecule has 0 unspecified atom stereocenters. The molecule has 0 bridgehead atoms. The van der Waals surface area contributed by atoms with Crippen molar-refractivity contribution in [2.24, 2.45) is 0 Å². The van der Waals surface area contributed by atoms with Crippen LogP contribution in [-0.2, 0) is 16.2 Å². The molecular weight excluding hydrogens is 675 g/mol. The zero-order chi connectivity index (χ0) is 38.2. The van der Waals surface area contributed by atoms with Crippen LogP contribution in [0, 0.1) is 13.8 Å². The normalized spacial score (nSPS) is 17.5. The number of anilines is 2.